The summed E-state index contributed by atoms with van der Waals surface area (Å²) in [7, 11) is 0. The zero-order valence-corrected chi connectivity index (χ0v) is 17.5. The van der Waals surface area contributed by atoms with E-state index in [1.54, 1.807) is 12.1 Å². The van der Waals surface area contributed by atoms with E-state index in [9.17, 15) is 9.59 Å². The molecule has 1 heterocycles. The second kappa shape index (κ2) is 10.5. The minimum atomic E-state index is -0.663. The summed E-state index contributed by atoms with van der Waals surface area (Å²) in [6.45, 7) is 2.89. The van der Waals surface area contributed by atoms with Crippen molar-refractivity contribution in [1.29, 1.82) is 0 Å². The van der Waals surface area contributed by atoms with Crippen molar-refractivity contribution in [3.8, 4) is 0 Å². The molecule has 1 aromatic rings. The Morgan fingerprint density at radius 2 is 1.67 bits per heavy atom. The number of nitrogens with one attached hydrogen (secondary N) is 1. The molecule has 2 amide bonds. The lowest BCUT2D eigenvalue weighted by atomic mass is 9.97. The maximum atomic E-state index is 12.6. The molecular formula is C18H27Cl3N4O2. The molecule has 1 aliphatic carbocycles. The van der Waals surface area contributed by atoms with Gasteiger partial charge in [-0.2, -0.15) is 0 Å². The minimum absolute atomic E-state index is 0. The van der Waals surface area contributed by atoms with Crippen LogP contribution in [0.25, 0.3) is 0 Å². The van der Waals surface area contributed by atoms with Crippen molar-refractivity contribution in [3.63, 3.8) is 0 Å². The number of rotatable bonds is 4. The standard InChI is InChI=1S/C18H25ClN4O2.2ClH/c19-14-5-1-2-6-15(14)21-16(24)13-22-9-11-23(12-10-22)17(25)18(20)7-3-4-8-18;;/h1-2,5-6H,3-4,7-13,20H2,(H,21,24);2*1H. The average molecular weight is 438 g/mol. The first-order valence-electron chi connectivity index (χ1n) is 8.83. The van der Waals surface area contributed by atoms with E-state index in [2.05, 4.69) is 5.32 Å². The van der Waals surface area contributed by atoms with Crippen LogP contribution in [0.3, 0.4) is 0 Å². The normalized spacial score (nSPS) is 19.0. The van der Waals surface area contributed by atoms with Gasteiger partial charge in [0, 0.05) is 26.2 Å². The number of carbonyl (C=O) groups is 2. The molecule has 9 heteroatoms. The average Bonchev–Trinajstić information content (AvgIpc) is 3.05. The van der Waals surface area contributed by atoms with Crippen molar-refractivity contribution in [2.75, 3.05) is 38.0 Å². The molecule has 2 fully saturated rings. The quantitative estimate of drug-likeness (QED) is 0.759. The Morgan fingerprint density at radius 1 is 1.07 bits per heavy atom. The molecule has 27 heavy (non-hydrogen) atoms. The molecule has 0 radical (unpaired) electrons. The molecule has 0 bridgehead atoms. The van der Waals surface area contributed by atoms with E-state index in [0.717, 1.165) is 25.7 Å². The second-order valence-electron chi connectivity index (χ2n) is 6.96. The molecule has 0 atom stereocenters. The molecule has 3 N–H and O–H groups in total. The molecule has 0 spiro atoms. The Balaban J connectivity index is 0.00000182. The smallest absolute Gasteiger partial charge is 0.242 e. The summed E-state index contributed by atoms with van der Waals surface area (Å²) in [4.78, 5) is 28.7. The number of hydrogen-bond acceptors (Lipinski definition) is 4. The Kier molecular flexibility index (Phi) is 9.31. The molecule has 6 nitrogen and oxygen atoms in total. The zero-order valence-electron chi connectivity index (χ0n) is 15.2. The van der Waals surface area contributed by atoms with E-state index < -0.39 is 5.54 Å². The minimum Gasteiger partial charge on any atom is -0.339 e. The van der Waals surface area contributed by atoms with Gasteiger partial charge in [0.15, 0.2) is 0 Å². The summed E-state index contributed by atoms with van der Waals surface area (Å²) in [5.41, 5.74) is 6.22. The molecule has 0 unspecified atom stereocenters. The SMILES string of the molecule is Cl.Cl.NC1(C(=O)N2CCN(CC(=O)Nc3ccccc3Cl)CC2)CCCC1. The lowest BCUT2D eigenvalue weighted by molar-refractivity contribution is -0.138. The van der Waals surface area contributed by atoms with Crippen molar-refractivity contribution in [2.24, 2.45) is 5.73 Å². The van der Waals surface area contributed by atoms with E-state index in [1.165, 1.54) is 0 Å². The summed E-state index contributed by atoms with van der Waals surface area (Å²) >= 11 is 6.06. The monoisotopic (exact) mass is 436 g/mol. The molecule has 3 rings (SSSR count). The highest BCUT2D eigenvalue weighted by Crippen LogP contribution is 2.29. The lowest BCUT2D eigenvalue weighted by Crippen LogP contribution is -2.58. The van der Waals surface area contributed by atoms with Crippen LogP contribution in [0.2, 0.25) is 5.02 Å². The molecule has 152 valence electrons. The van der Waals surface area contributed by atoms with Crippen LogP contribution in [0.1, 0.15) is 25.7 Å². The number of benzene rings is 1. The van der Waals surface area contributed by atoms with Crippen LogP contribution in [0.5, 0.6) is 0 Å². The molecule has 1 aliphatic heterocycles. The maximum Gasteiger partial charge on any atom is 0.242 e. The first-order valence-corrected chi connectivity index (χ1v) is 9.21. The fraction of sp³-hybridized carbons (Fsp3) is 0.556. The van der Waals surface area contributed by atoms with Gasteiger partial charge in [0.1, 0.15) is 0 Å². The van der Waals surface area contributed by atoms with E-state index in [1.807, 2.05) is 21.9 Å². The van der Waals surface area contributed by atoms with Gasteiger partial charge in [0.05, 0.1) is 22.8 Å². The Labute approximate surface area is 177 Å². The van der Waals surface area contributed by atoms with Crippen molar-refractivity contribution < 1.29 is 9.59 Å². The Morgan fingerprint density at radius 3 is 2.26 bits per heavy atom. The molecule has 2 aliphatic rings. The molecule has 0 aromatic heterocycles. The van der Waals surface area contributed by atoms with E-state index >= 15 is 0 Å². The third kappa shape index (κ3) is 5.96. The summed E-state index contributed by atoms with van der Waals surface area (Å²) in [6, 6.07) is 7.17. The Hall–Kier alpha value is -1.05. The second-order valence-corrected chi connectivity index (χ2v) is 7.37. The number of amides is 2. The van der Waals surface area contributed by atoms with Crippen molar-refractivity contribution in [3.05, 3.63) is 29.3 Å². The highest BCUT2D eigenvalue weighted by atomic mass is 35.5. The fourth-order valence-electron chi connectivity index (χ4n) is 3.60. The predicted molar refractivity (Wildman–Crippen MR) is 113 cm³/mol. The van der Waals surface area contributed by atoms with Crippen LogP contribution < -0.4 is 11.1 Å². The highest BCUT2D eigenvalue weighted by Gasteiger charge is 2.40. The molecular weight excluding hydrogens is 411 g/mol. The summed E-state index contributed by atoms with van der Waals surface area (Å²) in [5, 5.41) is 3.35. The van der Waals surface area contributed by atoms with Gasteiger partial charge in [-0.1, -0.05) is 36.6 Å². The topological polar surface area (TPSA) is 78.7 Å². The number of nitrogens with two attached hydrogens (primary N) is 1. The third-order valence-corrected chi connectivity index (χ3v) is 5.43. The van der Waals surface area contributed by atoms with Gasteiger partial charge in [-0.3, -0.25) is 14.5 Å². The summed E-state index contributed by atoms with van der Waals surface area (Å²) in [5.74, 6) is -0.0240. The number of para-hydroxylation sites is 1. The van der Waals surface area contributed by atoms with E-state index in [-0.39, 0.29) is 36.6 Å². The van der Waals surface area contributed by atoms with Crippen LogP contribution in [-0.4, -0.2) is 59.9 Å². The third-order valence-electron chi connectivity index (χ3n) is 5.10. The number of halogens is 3. The van der Waals surface area contributed by atoms with Gasteiger partial charge >= 0.3 is 0 Å². The first-order chi connectivity index (χ1) is 12.0. The number of carbonyl (C=O) groups excluding carboxylic acids is 2. The summed E-state index contributed by atoms with van der Waals surface area (Å²) in [6.07, 6.45) is 3.63. The van der Waals surface area contributed by atoms with E-state index in [0.29, 0.717) is 43.4 Å². The van der Waals surface area contributed by atoms with Gasteiger partial charge in [-0.25, -0.2) is 0 Å². The maximum absolute atomic E-state index is 12.6. The van der Waals surface area contributed by atoms with Crippen molar-refractivity contribution in [2.45, 2.75) is 31.2 Å². The summed E-state index contributed by atoms with van der Waals surface area (Å²) < 4.78 is 0. The van der Waals surface area contributed by atoms with Gasteiger partial charge in [0.2, 0.25) is 11.8 Å². The lowest BCUT2D eigenvalue weighted by Gasteiger charge is -2.38. The van der Waals surface area contributed by atoms with Gasteiger partial charge in [-0.15, -0.1) is 24.8 Å². The molecule has 1 saturated carbocycles. The van der Waals surface area contributed by atoms with Crippen LogP contribution in [0.4, 0.5) is 5.69 Å². The largest absolute Gasteiger partial charge is 0.339 e. The number of anilines is 1. The van der Waals surface area contributed by atoms with Crippen LogP contribution in [0, 0.1) is 0 Å². The Bertz CT molecular complexity index is 645. The van der Waals surface area contributed by atoms with E-state index in [4.69, 9.17) is 17.3 Å². The first kappa shape index (κ1) is 24.0. The van der Waals surface area contributed by atoms with Gasteiger partial charge in [-0.05, 0) is 25.0 Å². The number of piperazine rings is 1. The van der Waals surface area contributed by atoms with Crippen LogP contribution in [-0.2, 0) is 9.59 Å². The van der Waals surface area contributed by atoms with Crippen molar-refractivity contribution >= 4 is 53.9 Å². The van der Waals surface area contributed by atoms with Crippen LogP contribution >= 0.6 is 36.4 Å². The predicted octanol–water partition coefficient (Wildman–Crippen LogP) is 2.54. The molecule has 1 aromatic carbocycles. The highest BCUT2D eigenvalue weighted by molar-refractivity contribution is 6.33. The van der Waals surface area contributed by atoms with Crippen molar-refractivity contribution in [1.82, 2.24) is 9.80 Å². The number of hydrogen-bond donors (Lipinski definition) is 2. The number of nitrogens with zero attached hydrogens (tertiary/aromatic N) is 2. The fourth-order valence-corrected chi connectivity index (χ4v) is 3.78. The molecule has 1 saturated heterocycles. The van der Waals surface area contributed by atoms with Crippen LogP contribution in [0.15, 0.2) is 24.3 Å². The van der Waals surface area contributed by atoms with Gasteiger partial charge < -0.3 is 16.0 Å². The van der Waals surface area contributed by atoms with Gasteiger partial charge in [0.25, 0.3) is 0 Å². The zero-order chi connectivity index (χ0) is 17.9.